The summed E-state index contributed by atoms with van der Waals surface area (Å²) in [5.41, 5.74) is 6.88. The summed E-state index contributed by atoms with van der Waals surface area (Å²) in [6.07, 6.45) is 0.749. The van der Waals surface area contributed by atoms with Crippen LogP contribution in [-0.4, -0.2) is 14.3 Å². The van der Waals surface area contributed by atoms with Gasteiger partial charge in [0.05, 0.1) is 4.90 Å². The third kappa shape index (κ3) is 4.91. The smallest absolute Gasteiger partial charge is 0.241 e. The van der Waals surface area contributed by atoms with Gasteiger partial charge >= 0.3 is 0 Å². The predicted molar refractivity (Wildman–Crippen MR) is 89.1 cm³/mol. The van der Waals surface area contributed by atoms with Crippen molar-refractivity contribution in [3.63, 3.8) is 0 Å². The van der Waals surface area contributed by atoms with Crippen LogP contribution in [0.2, 0.25) is 0 Å². The number of carbonyl (C=O) groups excluding carboxylic acids is 1. The largest absolute Gasteiger partial charge is 0.370 e. The first kappa shape index (κ1) is 17.2. The van der Waals surface area contributed by atoms with Gasteiger partial charge in [-0.3, -0.25) is 4.79 Å². The van der Waals surface area contributed by atoms with Crippen LogP contribution in [0.15, 0.2) is 59.5 Å². The van der Waals surface area contributed by atoms with Crippen molar-refractivity contribution in [2.45, 2.75) is 30.7 Å². The lowest BCUT2D eigenvalue weighted by Gasteiger charge is -2.14. The van der Waals surface area contributed by atoms with Gasteiger partial charge in [0.25, 0.3) is 0 Å². The highest BCUT2D eigenvalue weighted by molar-refractivity contribution is 7.89. The number of carbonyl (C=O) groups is 1. The van der Waals surface area contributed by atoms with Crippen LogP contribution in [0.1, 0.15) is 30.5 Å². The molecule has 0 saturated carbocycles. The van der Waals surface area contributed by atoms with Crippen molar-refractivity contribution in [2.75, 3.05) is 0 Å². The van der Waals surface area contributed by atoms with Gasteiger partial charge < -0.3 is 5.73 Å². The molecule has 5 nitrogen and oxygen atoms in total. The highest BCUT2D eigenvalue weighted by Crippen LogP contribution is 2.17. The first-order chi connectivity index (χ1) is 10.9. The van der Waals surface area contributed by atoms with Crippen molar-refractivity contribution in [3.8, 4) is 0 Å². The zero-order valence-electron chi connectivity index (χ0n) is 12.9. The zero-order valence-corrected chi connectivity index (χ0v) is 13.7. The minimum Gasteiger partial charge on any atom is -0.370 e. The Balaban J connectivity index is 2.08. The molecule has 3 N–H and O–H groups in total. The number of benzene rings is 2. The number of hydrogen-bond acceptors (Lipinski definition) is 3. The third-order valence-corrected chi connectivity index (χ3v) is 5.08. The standard InChI is InChI=1S/C17H20N2O3S/c1-13(15-5-3-2-4-6-15)19-23(21,22)16-10-7-14(8-11-16)9-12-17(18)20/h2-8,10-11,13,19H,9,12H2,1H3,(H2,18,20). The van der Waals surface area contributed by atoms with Gasteiger partial charge in [0.15, 0.2) is 0 Å². The molecule has 6 heteroatoms. The normalized spacial score (nSPS) is 12.7. The quantitative estimate of drug-likeness (QED) is 0.814. The van der Waals surface area contributed by atoms with E-state index in [-0.39, 0.29) is 23.3 Å². The second-order valence-corrected chi connectivity index (χ2v) is 7.08. The maximum absolute atomic E-state index is 12.4. The van der Waals surface area contributed by atoms with E-state index in [9.17, 15) is 13.2 Å². The fourth-order valence-electron chi connectivity index (χ4n) is 2.21. The number of hydrogen-bond donors (Lipinski definition) is 2. The van der Waals surface area contributed by atoms with E-state index in [0.29, 0.717) is 6.42 Å². The number of primary amides is 1. The molecule has 122 valence electrons. The number of amides is 1. The van der Waals surface area contributed by atoms with Gasteiger partial charge in [0, 0.05) is 12.5 Å². The van der Waals surface area contributed by atoms with Gasteiger partial charge in [0.2, 0.25) is 15.9 Å². The molecule has 2 aromatic rings. The summed E-state index contributed by atoms with van der Waals surface area (Å²) in [6, 6.07) is 15.5. The van der Waals surface area contributed by atoms with Crippen LogP contribution >= 0.6 is 0 Å². The molecule has 0 spiro atoms. The maximum Gasteiger partial charge on any atom is 0.241 e. The van der Waals surface area contributed by atoms with Crippen molar-refractivity contribution in [2.24, 2.45) is 5.73 Å². The Morgan fingerprint density at radius 1 is 1.09 bits per heavy atom. The van der Waals surface area contributed by atoms with Crippen LogP contribution in [-0.2, 0) is 21.2 Å². The SMILES string of the molecule is CC(NS(=O)(=O)c1ccc(CCC(N)=O)cc1)c1ccccc1. The highest BCUT2D eigenvalue weighted by Gasteiger charge is 2.18. The Bertz CT molecular complexity index is 756. The molecule has 0 aliphatic carbocycles. The van der Waals surface area contributed by atoms with Crippen LogP contribution < -0.4 is 10.5 Å². The summed E-state index contributed by atoms with van der Waals surface area (Å²) in [6.45, 7) is 1.80. The van der Waals surface area contributed by atoms with Crippen molar-refractivity contribution < 1.29 is 13.2 Å². The molecule has 1 atom stereocenters. The molecule has 23 heavy (non-hydrogen) atoms. The van der Waals surface area contributed by atoms with Crippen molar-refractivity contribution in [1.29, 1.82) is 0 Å². The maximum atomic E-state index is 12.4. The number of nitrogens with one attached hydrogen (secondary N) is 1. The van der Waals surface area contributed by atoms with Gasteiger partial charge in [-0.1, -0.05) is 42.5 Å². The van der Waals surface area contributed by atoms with Crippen molar-refractivity contribution in [1.82, 2.24) is 4.72 Å². The highest BCUT2D eigenvalue weighted by atomic mass is 32.2. The van der Waals surface area contributed by atoms with E-state index in [0.717, 1.165) is 11.1 Å². The fourth-order valence-corrected chi connectivity index (χ4v) is 3.45. The topological polar surface area (TPSA) is 89.3 Å². The van der Waals surface area contributed by atoms with E-state index < -0.39 is 10.0 Å². The zero-order chi connectivity index (χ0) is 16.9. The lowest BCUT2D eigenvalue weighted by molar-refractivity contribution is -0.117. The molecule has 0 heterocycles. The second-order valence-electron chi connectivity index (χ2n) is 5.36. The van der Waals surface area contributed by atoms with Gasteiger partial charge in [0.1, 0.15) is 0 Å². The Morgan fingerprint density at radius 3 is 2.26 bits per heavy atom. The average molecular weight is 332 g/mol. The predicted octanol–water partition coefficient (Wildman–Crippen LogP) is 2.14. The van der Waals surface area contributed by atoms with Gasteiger partial charge in [-0.15, -0.1) is 0 Å². The fraction of sp³-hybridized carbons (Fsp3) is 0.235. The van der Waals surface area contributed by atoms with Crippen LogP contribution in [0.4, 0.5) is 0 Å². The van der Waals surface area contributed by atoms with Crippen molar-refractivity contribution >= 4 is 15.9 Å². The molecule has 0 aliphatic heterocycles. The molecule has 0 saturated heterocycles. The molecule has 0 aromatic heterocycles. The summed E-state index contributed by atoms with van der Waals surface area (Å²) in [4.78, 5) is 11.0. The van der Waals surface area contributed by atoms with Crippen LogP contribution in [0.3, 0.4) is 0 Å². The monoisotopic (exact) mass is 332 g/mol. The van der Waals surface area contributed by atoms with E-state index in [1.165, 1.54) is 12.1 Å². The molecule has 2 aromatic carbocycles. The molecule has 0 bridgehead atoms. The minimum atomic E-state index is -3.60. The summed E-state index contributed by atoms with van der Waals surface area (Å²) in [5.74, 6) is -0.375. The Labute approximate surface area is 136 Å². The first-order valence-electron chi connectivity index (χ1n) is 7.33. The Kier molecular flexibility index (Phi) is 5.52. The average Bonchev–Trinajstić information content (AvgIpc) is 2.53. The van der Waals surface area contributed by atoms with Crippen LogP contribution in [0, 0.1) is 0 Å². The van der Waals surface area contributed by atoms with E-state index in [4.69, 9.17) is 5.73 Å². The molecule has 1 amide bonds. The summed E-state index contributed by atoms with van der Waals surface area (Å²) >= 11 is 0. The Hall–Kier alpha value is -2.18. The molecular formula is C17H20N2O3S. The number of sulfonamides is 1. The first-order valence-corrected chi connectivity index (χ1v) is 8.81. The van der Waals surface area contributed by atoms with E-state index in [2.05, 4.69) is 4.72 Å². The molecule has 0 radical (unpaired) electrons. The van der Waals surface area contributed by atoms with E-state index in [1.807, 2.05) is 30.3 Å². The third-order valence-electron chi connectivity index (χ3n) is 3.53. The molecule has 0 fully saturated rings. The second kappa shape index (κ2) is 7.39. The number of aryl methyl sites for hydroxylation is 1. The number of nitrogens with two attached hydrogens (primary N) is 1. The van der Waals surface area contributed by atoms with Gasteiger partial charge in [-0.25, -0.2) is 13.1 Å². The summed E-state index contributed by atoms with van der Waals surface area (Å²) in [5, 5.41) is 0. The van der Waals surface area contributed by atoms with E-state index >= 15 is 0 Å². The number of rotatable bonds is 7. The Morgan fingerprint density at radius 2 is 1.70 bits per heavy atom. The lowest BCUT2D eigenvalue weighted by Crippen LogP contribution is -2.26. The van der Waals surface area contributed by atoms with Gasteiger partial charge in [-0.05, 0) is 36.6 Å². The molecule has 0 aliphatic rings. The van der Waals surface area contributed by atoms with E-state index in [1.54, 1.807) is 19.1 Å². The van der Waals surface area contributed by atoms with Crippen molar-refractivity contribution in [3.05, 3.63) is 65.7 Å². The summed E-state index contributed by atoms with van der Waals surface area (Å²) < 4.78 is 27.5. The van der Waals surface area contributed by atoms with Crippen LogP contribution in [0.25, 0.3) is 0 Å². The summed E-state index contributed by atoms with van der Waals surface area (Å²) in [7, 11) is -3.60. The van der Waals surface area contributed by atoms with Gasteiger partial charge in [-0.2, -0.15) is 0 Å². The minimum absolute atomic E-state index is 0.197. The molecular weight excluding hydrogens is 312 g/mol. The van der Waals surface area contributed by atoms with Crippen LogP contribution in [0.5, 0.6) is 0 Å². The lowest BCUT2D eigenvalue weighted by atomic mass is 10.1. The molecule has 1 unspecified atom stereocenters. The molecule has 2 rings (SSSR count).